The summed E-state index contributed by atoms with van der Waals surface area (Å²) in [6.07, 6.45) is 0.679. The van der Waals surface area contributed by atoms with Crippen LogP contribution in [0.1, 0.15) is 12.8 Å². The Balaban J connectivity index is 1.68. The van der Waals surface area contributed by atoms with Crippen LogP contribution in [0.15, 0.2) is 33.6 Å². The number of aromatic nitrogens is 2. The molecule has 2 aromatic rings. The zero-order chi connectivity index (χ0) is 17.2. The lowest BCUT2D eigenvalue weighted by Crippen LogP contribution is -2.48. The monoisotopic (exact) mass is 352 g/mol. The Morgan fingerprint density at radius 3 is 2.33 bits per heavy atom. The summed E-state index contributed by atoms with van der Waals surface area (Å²) in [5.41, 5.74) is 0. The van der Waals surface area contributed by atoms with Crippen molar-refractivity contribution >= 4 is 16.0 Å². The highest BCUT2D eigenvalue weighted by Crippen LogP contribution is 2.22. The summed E-state index contributed by atoms with van der Waals surface area (Å²) >= 11 is 0. The Morgan fingerprint density at radius 1 is 1.12 bits per heavy atom. The number of anilines is 1. The zero-order valence-electron chi connectivity index (χ0n) is 13.7. The molecule has 0 bridgehead atoms. The van der Waals surface area contributed by atoms with Gasteiger partial charge in [0.05, 0.1) is 12.0 Å². The lowest BCUT2D eigenvalue weighted by atomic mass is 10.3. The number of nitrogens with zero attached hydrogens (tertiary/aromatic N) is 4. The van der Waals surface area contributed by atoms with Crippen molar-refractivity contribution < 1.29 is 17.6 Å². The highest BCUT2D eigenvalue weighted by molar-refractivity contribution is 7.89. The van der Waals surface area contributed by atoms with Crippen LogP contribution in [0.4, 0.5) is 6.01 Å². The second kappa shape index (κ2) is 6.78. The highest BCUT2D eigenvalue weighted by Gasteiger charge is 2.30. The van der Waals surface area contributed by atoms with Gasteiger partial charge in [0, 0.05) is 32.6 Å². The Bertz CT molecular complexity index is 780. The fraction of sp³-hybridized carbons (Fsp3) is 0.467. The summed E-state index contributed by atoms with van der Waals surface area (Å²) in [7, 11) is -1.96. The topological polar surface area (TPSA) is 88.8 Å². The van der Waals surface area contributed by atoms with E-state index in [4.69, 9.17) is 9.15 Å². The fourth-order valence-corrected chi connectivity index (χ4v) is 3.95. The van der Waals surface area contributed by atoms with Gasteiger partial charge < -0.3 is 14.1 Å². The van der Waals surface area contributed by atoms with Gasteiger partial charge in [-0.15, -0.1) is 5.10 Å². The van der Waals surface area contributed by atoms with Crippen LogP contribution in [0.5, 0.6) is 5.75 Å². The maximum absolute atomic E-state index is 12.7. The molecule has 0 atom stereocenters. The minimum atomic E-state index is -3.51. The molecule has 8 nitrogen and oxygen atoms in total. The lowest BCUT2D eigenvalue weighted by Gasteiger charge is -2.32. The van der Waals surface area contributed by atoms with Gasteiger partial charge in [-0.05, 0) is 24.3 Å². The maximum atomic E-state index is 12.7. The fourth-order valence-electron chi connectivity index (χ4n) is 2.53. The van der Waals surface area contributed by atoms with Gasteiger partial charge in [-0.2, -0.15) is 4.31 Å². The minimum absolute atomic E-state index is 0.266. The molecule has 0 radical (unpaired) electrons. The Hall–Kier alpha value is -2.13. The molecule has 1 saturated heterocycles. The average molecular weight is 352 g/mol. The number of hydrogen-bond donors (Lipinski definition) is 0. The summed E-state index contributed by atoms with van der Waals surface area (Å²) < 4.78 is 37.5. The smallest absolute Gasteiger partial charge is 0.318 e. The van der Waals surface area contributed by atoms with Crippen LogP contribution in [0.2, 0.25) is 0 Å². The SMILES string of the molecule is CCc1nnc(N2CCN(S(=O)(=O)c3ccc(OC)cc3)CC2)o1. The molecule has 1 aliphatic heterocycles. The molecular weight excluding hydrogens is 332 g/mol. The Morgan fingerprint density at radius 2 is 1.79 bits per heavy atom. The van der Waals surface area contributed by atoms with E-state index in [0.717, 1.165) is 0 Å². The molecule has 0 aliphatic carbocycles. The molecule has 0 spiro atoms. The first-order valence-electron chi connectivity index (χ1n) is 7.76. The highest BCUT2D eigenvalue weighted by atomic mass is 32.2. The van der Waals surface area contributed by atoms with Gasteiger partial charge in [0.25, 0.3) is 0 Å². The molecule has 24 heavy (non-hydrogen) atoms. The quantitative estimate of drug-likeness (QED) is 0.797. The third-order valence-corrected chi connectivity index (χ3v) is 5.88. The molecule has 0 unspecified atom stereocenters. The van der Waals surface area contributed by atoms with Gasteiger partial charge in [0.1, 0.15) is 5.75 Å². The van der Waals surface area contributed by atoms with Gasteiger partial charge in [0.2, 0.25) is 15.9 Å². The van der Waals surface area contributed by atoms with Crippen molar-refractivity contribution in [2.45, 2.75) is 18.2 Å². The second-order valence-corrected chi connectivity index (χ2v) is 7.34. The molecule has 1 aromatic carbocycles. The van der Waals surface area contributed by atoms with Crippen molar-refractivity contribution in [3.8, 4) is 5.75 Å². The molecule has 130 valence electrons. The van der Waals surface area contributed by atoms with Crippen LogP contribution < -0.4 is 9.64 Å². The number of hydrogen-bond acceptors (Lipinski definition) is 7. The molecule has 9 heteroatoms. The standard InChI is InChI=1S/C15H20N4O4S/c1-3-14-16-17-15(23-14)18-8-10-19(11-9-18)24(20,21)13-6-4-12(22-2)5-7-13/h4-7H,3,8-11H2,1-2H3. The predicted molar refractivity (Wildman–Crippen MR) is 87.6 cm³/mol. The first-order valence-corrected chi connectivity index (χ1v) is 9.20. The van der Waals surface area contributed by atoms with Crippen LogP contribution in [0, 0.1) is 0 Å². The van der Waals surface area contributed by atoms with Crippen LogP contribution in [-0.4, -0.2) is 56.2 Å². The minimum Gasteiger partial charge on any atom is -0.497 e. The molecule has 1 aliphatic rings. The van der Waals surface area contributed by atoms with Crippen molar-refractivity contribution in [3.05, 3.63) is 30.2 Å². The molecule has 0 saturated carbocycles. The van der Waals surface area contributed by atoms with Crippen LogP contribution in [-0.2, 0) is 16.4 Å². The third kappa shape index (κ3) is 3.22. The summed E-state index contributed by atoms with van der Waals surface area (Å²) in [5, 5.41) is 7.94. The van der Waals surface area contributed by atoms with Gasteiger partial charge >= 0.3 is 6.01 Å². The molecular formula is C15H20N4O4S. The normalized spacial score (nSPS) is 16.3. The third-order valence-electron chi connectivity index (χ3n) is 3.97. The van der Waals surface area contributed by atoms with Crippen molar-refractivity contribution in [1.29, 1.82) is 0 Å². The van der Waals surface area contributed by atoms with E-state index in [-0.39, 0.29) is 4.90 Å². The summed E-state index contributed by atoms with van der Waals surface area (Å²) in [6.45, 7) is 3.72. The van der Waals surface area contributed by atoms with E-state index in [9.17, 15) is 8.42 Å². The summed E-state index contributed by atoms with van der Waals surface area (Å²) in [6, 6.07) is 6.87. The predicted octanol–water partition coefficient (Wildman–Crippen LogP) is 1.15. The number of ether oxygens (including phenoxy) is 1. The number of benzene rings is 1. The van der Waals surface area contributed by atoms with Gasteiger partial charge in [-0.25, -0.2) is 8.42 Å². The van der Waals surface area contributed by atoms with Gasteiger partial charge in [-0.3, -0.25) is 0 Å². The molecule has 1 fully saturated rings. The molecule has 0 N–H and O–H groups in total. The number of aryl methyl sites for hydroxylation is 1. The van der Waals surface area contributed by atoms with E-state index < -0.39 is 10.0 Å². The van der Waals surface area contributed by atoms with E-state index in [2.05, 4.69) is 10.2 Å². The van der Waals surface area contributed by atoms with Crippen molar-refractivity contribution in [3.63, 3.8) is 0 Å². The zero-order valence-corrected chi connectivity index (χ0v) is 14.5. The number of piperazine rings is 1. The molecule has 3 rings (SSSR count). The van der Waals surface area contributed by atoms with Crippen molar-refractivity contribution in [2.75, 3.05) is 38.2 Å². The Kier molecular flexibility index (Phi) is 4.72. The van der Waals surface area contributed by atoms with Crippen LogP contribution in [0.25, 0.3) is 0 Å². The first-order chi connectivity index (χ1) is 11.5. The summed E-state index contributed by atoms with van der Waals surface area (Å²) in [4.78, 5) is 2.18. The van der Waals surface area contributed by atoms with Crippen LogP contribution in [0.3, 0.4) is 0 Å². The maximum Gasteiger partial charge on any atom is 0.318 e. The van der Waals surface area contributed by atoms with Gasteiger partial charge in [0.15, 0.2) is 0 Å². The Labute approximate surface area is 141 Å². The average Bonchev–Trinajstić information content (AvgIpc) is 3.11. The lowest BCUT2D eigenvalue weighted by molar-refractivity contribution is 0.369. The molecule has 1 aromatic heterocycles. The first kappa shape index (κ1) is 16.7. The van der Waals surface area contributed by atoms with Crippen LogP contribution >= 0.6 is 0 Å². The number of methoxy groups -OCH3 is 1. The van der Waals surface area contributed by atoms with E-state index in [1.54, 1.807) is 31.4 Å². The summed E-state index contributed by atoms with van der Waals surface area (Å²) in [5.74, 6) is 1.21. The van der Waals surface area contributed by atoms with Crippen molar-refractivity contribution in [2.24, 2.45) is 0 Å². The number of rotatable bonds is 5. The number of sulfonamides is 1. The molecule has 2 heterocycles. The van der Waals surface area contributed by atoms with Gasteiger partial charge in [-0.1, -0.05) is 12.0 Å². The van der Waals surface area contributed by atoms with Crippen molar-refractivity contribution in [1.82, 2.24) is 14.5 Å². The van der Waals surface area contributed by atoms with E-state index in [0.29, 0.717) is 50.3 Å². The van der Waals surface area contributed by atoms with E-state index in [1.807, 2.05) is 11.8 Å². The molecule has 0 amide bonds. The largest absolute Gasteiger partial charge is 0.497 e. The van der Waals surface area contributed by atoms with E-state index >= 15 is 0 Å². The second-order valence-electron chi connectivity index (χ2n) is 5.40. The van der Waals surface area contributed by atoms with E-state index in [1.165, 1.54) is 4.31 Å².